The third kappa shape index (κ3) is 6.09. The molecule has 0 bridgehead atoms. The number of aromatic nitrogens is 2. The first kappa shape index (κ1) is 28.1. The molecule has 33 heavy (non-hydrogen) atoms. The summed E-state index contributed by atoms with van der Waals surface area (Å²) in [5, 5.41) is 10.3. The highest BCUT2D eigenvalue weighted by atomic mass is 35.5. The van der Waals surface area contributed by atoms with Gasteiger partial charge in [0.25, 0.3) is 0 Å². The zero-order valence-corrected chi connectivity index (χ0v) is 20.2. The van der Waals surface area contributed by atoms with Crippen LogP contribution in [0.1, 0.15) is 13.8 Å². The van der Waals surface area contributed by atoms with Gasteiger partial charge in [0.05, 0.1) is 32.3 Å². The van der Waals surface area contributed by atoms with Crippen molar-refractivity contribution >= 4 is 41.2 Å². The lowest BCUT2D eigenvalue weighted by atomic mass is 10.2. The van der Waals surface area contributed by atoms with Gasteiger partial charge in [-0.2, -0.15) is 4.98 Å². The second-order valence-electron chi connectivity index (χ2n) is 7.79. The lowest BCUT2D eigenvalue weighted by Gasteiger charge is -2.34. The molecule has 186 valence electrons. The highest BCUT2D eigenvalue weighted by Gasteiger charge is 2.27. The zero-order chi connectivity index (χ0) is 22.8. The van der Waals surface area contributed by atoms with E-state index in [4.69, 9.17) is 24.7 Å². The van der Waals surface area contributed by atoms with Gasteiger partial charge >= 0.3 is 6.09 Å². The fraction of sp³-hybridized carbons (Fsp3) is 0.550. The van der Waals surface area contributed by atoms with E-state index in [0.717, 1.165) is 0 Å². The number of nitrogens with two attached hydrogens (primary N) is 1. The molecular weight excluding hydrogens is 458 g/mol. The Bertz CT molecular complexity index is 962. The lowest BCUT2D eigenvalue weighted by Crippen LogP contribution is -2.50. The summed E-state index contributed by atoms with van der Waals surface area (Å²) in [6.07, 6.45) is -0.459. The quantitative estimate of drug-likeness (QED) is 0.594. The van der Waals surface area contributed by atoms with Gasteiger partial charge in [0.1, 0.15) is 17.9 Å². The van der Waals surface area contributed by atoms with E-state index in [1.807, 2.05) is 4.90 Å². The molecule has 1 aromatic heterocycles. The van der Waals surface area contributed by atoms with Crippen LogP contribution in [-0.2, 0) is 4.74 Å². The third-order valence-corrected chi connectivity index (χ3v) is 4.88. The average Bonchev–Trinajstić information content (AvgIpc) is 2.75. The number of carbonyl (C=O) groups excluding carboxylic acids is 1. The molecule has 1 fully saturated rings. The molecule has 3 rings (SSSR count). The Hall–Kier alpha value is -2.96. The summed E-state index contributed by atoms with van der Waals surface area (Å²) < 4.78 is 21.5. The van der Waals surface area contributed by atoms with E-state index in [-0.39, 0.29) is 30.3 Å². The maximum Gasteiger partial charge on any atom is 0.409 e. The Labute approximate surface area is 198 Å². The van der Waals surface area contributed by atoms with Crippen LogP contribution in [0.25, 0.3) is 10.9 Å². The minimum Gasteiger partial charge on any atom is -0.493 e. The fourth-order valence-electron chi connectivity index (χ4n) is 3.30. The molecule has 0 radical (unpaired) electrons. The monoisotopic (exact) mass is 489 g/mol. The first-order chi connectivity index (χ1) is 14.7. The summed E-state index contributed by atoms with van der Waals surface area (Å²) >= 11 is 0. The number of ether oxygens (including phenoxy) is 4. The van der Waals surface area contributed by atoms with E-state index in [1.165, 1.54) is 21.3 Å². The van der Waals surface area contributed by atoms with Crippen molar-refractivity contribution in [2.45, 2.75) is 19.4 Å². The molecule has 0 aliphatic carbocycles. The van der Waals surface area contributed by atoms with Gasteiger partial charge in [0, 0.05) is 26.2 Å². The normalized spacial score (nSPS) is 13.6. The average molecular weight is 490 g/mol. The fourth-order valence-corrected chi connectivity index (χ4v) is 3.30. The van der Waals surface area contributed by atoms with Crippen molar-refractivity contribution in [3.8, 4) is 17.2 Å². The number of halogens is 1. The summed E-state index contributed by atoms with van der Waals surface area (Å²) in [5.41, 5.74) is 5.66. The number of hydrogen-bond donors (Lipinski definition) is 2. The van der Waals surface area contributed by atoms with Gasteiger partial charge in [-0.25, -0.2) is 9.78 Å². The SMILES string of the molecule is COc1cc2c(N)nc(N3CCN(C(=O)OCC(C)(C)O)CC3)nc2c(OC)c1OC.Cl.O. The van der Waals surface area contributed by atoms with Gasteiger partial charge in [-0.05, 0) is 19.9 Å². The Balaban J connectivity index is 0.00000272. The van der Waals surface area contributed by atoms with Crippen LogP contribution in [0.4, 0.5) is 16.6 Å². The predicted octanol–water partition coefficient (Wildman–Crippen LogP) is 0.864. The maximum absolute atomic E-state index is 12.2. The van der Waals surface area contributed by atoms with Crippen LogP contribution in [0, 0.1) is 0 Å². The Morgan fingerprint density at radius 3 is 2.21 bits per heavy atom. The first-order valence-corrected chi connectivity index (χ1v) is 9.83. The van der Waals surface area contributed by atoms with E-state index in [9.17, 15) is 9.90 Å². The number of anilines is 2. The summed E-state index contributed by atoms with van der Waals surface area (Å²) in [5.74, 6) is 2.00. The summed E-state index contributed by atoms with van der Waals surface area (Å²) in [6, 6.07) is 1.71. The van der Waals surface area contributed by atoms with Crippen LogP contribution in [0.2, 0.25) is 0 Å². The molecule has 1 amide bonds. The van der Waals surface area contributed by atoms with E-state index < -0.39 is 11.7 Å². The number of fused-ring (bicyclic) bond motifs is 1. The van der Waals surface area contributed by atoms with E-state index in [2.05, 4.69) is 9.97 Å². The van der Waals surface area contributed by atoms with Crippen molar-refractivity contribution in [2.75, 3.05) is 64.7 Å². The van der Waals surface area contributed by atoms with Crippen LogP contribution < -0.4 is 24.8 Å². The van der Waals surface area contributed by atoms with Crippen molar-refractivity contribution in [3.63, 3.8) is 0 Å². The molecule has 12 nitrogen and oxygen atoms in total. The number of carbonyl (C=O) groups is 1. The number of hydrogen-bond acceptors (Lipinski definition) is 10. The minimum absolute atomic E-state index is 0. The molecule has 5 N–H and O–H groups in total. The summed E-state index contributed by atoms with van der Waals surface area (Å²) in [4.78, 5) is 24.8. The van der Waals surface area contributed by atoms with Crippen molar-refractivity contribution in [1.82, 2.24) is 14.9 Å². The number of rotatable bonds is 6. The smallest absolute Gasteiger partial charge is 0.409 e. The third-order valence-electron chi connectivity index (χ3n) is 4.88. The number of piperazine rings is 1. The zero-order valence-electron chi connectivity index (χ0n) is 19.4. The van der Waals surface area contributed by atoms with E-state index in [1.54, 1.807) is 24.8 Å². The van der Waals surface area contributed by atoms with Crippen LogP contribution in [0.3, 0.4) is 0 Å². The molecule has 0 atom stereocenters. The van der Waals surface area contributed by atoms with Gasteiger partial charge in [-0.15, -0.1) is 12.4 Å². The maximum atomic E-state index is 12.2. The van der Waals surface area contributed by atoms with Gasteiger partial charge < -0.3 is 45.1 Å². The van der Waals surface area contributed by atoms with E-state index in [0.29, 0.717) is 60.3 Å². The van der Waals surface area contributed by atoms with Crippen LogP contribution >= 0.6 is 12.4 Å². The van der Waals surface area contributed by atoms with Gasteiger partial charge in [0.2, 0.25) is 11.7 Å². The highest BCUT2D eigenvalue weighted by molar-refractivity contribution is 5.97. The number of nitrogens with zero attached hydrogens (tertiary/aromatic N) is 4. The minimum atomic E-state index is -1.07. The van der Waals surface area contributed by atoms with Crippen LogP contribution in [0.15, 0.2) is 6.07 Å². The number of methoxy groups -OCH3 is 3. The topological polar surface area (TPSA) is 164 Å². The molecule has 1 aliphatic heterocycles. The second-order valence-corrected chi connectivity index (χ2v) is 7.79. The van der Waals surface area contributed by atoms with Crippen LogP contribution in [-0.4, -0.2) is 91.3 Å². The van der Waals surface area contributed by atoms with Gasteiger partial charge in [-0.3, -0.25) is 0 Å². The summed E-state index contributed by atoms with van der Waals surface area (Å²) in [6.45, 7) is 4.94. The predicted molar refractivity (Wildman–Crippen MR) is 126 cm³/mol. The first-order valence-electron chi connectivity index (χ1n) is 9.83. The van der Waals surface area contributed by atoms with Crippen LogP contribution in [0.5, 0.6) is 17.2 Å². The Morgan fingerprint density at radius 2 is 1.70 bits per heavy atom. The molecular formula is C20H32ClN5O7. The Morgan fingerprint density at radius 1 is 1.09 bits per heavy atom. The lowest BCUT2D eigenvalue weighted by molar-refractivity contribution is -0.00415. The van der Waals surface area contributed by atoms with Crippen molar-refractivity contribution < 1.29 is 34.3 Å². The highest BCUT2D eigenvalue weighted by Crippen LogP contribution is 2.44. The van der Waals surface area contributed by atoms with E-state index >= 15 is 0 Å². The Kier molecular flexibility index (Phi) is 9.57. The molecule has 0 spiro atoms. The second kappa shape index (κ2) is 11.3. The standard InChI is InChI=1S/C20H29N5O6.ClH.H2O/c1-20(2,27)11-31-19(26)25-8-6-24(7-9-25)18-22-14-12(17(21)23-18)10-13(28-3)15(29-4)16(14)30-5;;/h10,27H,6-9,11H2,1-5H3,(H2,21,22,23);1H;1H2. The number of amides is 1. The van der Waals surface area contributed by atoms with Crippen molar-refractivity contribution in [3.05, 3.63) is 6.07 Å². The molecule has 0 unspecified atom stereocenters. The number of nitrogen functional groups attached to an aromatic ring is 1. The molecule has 1 saturated heterocycles. The van der Waals surface area contributed by atoms with Gasteiger partial charge in [-0.1, -0.05) is 0 Å². The molecule has 1 aromatic carbocycles. The molecule has 2 aromatic rings. The molecule has 0 saturated carbocycles. The molecule has 1 aliphatic rings. The molecule has 13 heteroatoms. The van der Waals surface area contributed by atoms with Crippen molar-refractivity contribution in [1.29, 1.82) is 0 Å². The number of benzene rings is 1. The van der Waals surface area contributed by atoms with Gasteiger partial charge in [0.15, 0.2) is 11.5 Å². The summed E-state index contributed by atoms with van der Waals surface area (Å²) in [7, 11) is 4.57. The largest absolute Gasteiger partial charge is 0.493 e. The number of aliphatic hydroxyl groups is 1. The van der Waals surface area contributed by atoms with Crippen molar-refractivity contribution in [2.24, 2.45) is 0 Å². The molecule has 2 heterocycles.